The molecule has 0 radical (unpaired) electrons. The van der Waals surface area contributed by atoms with Gasteiger partial charge in [-0.05, 0) is 24.6 Å². The lowest BCUT2D eigenvalue weighted by Gasteiger charge is -2.22. The number of methoxy groups -OCH3 is 1. The van der Waals surface area contributed by atoms with Gasteiger partial charge in [-0.1, -0.05) is 22.0 Å². The van der Waals surface area contributed by atoms with E-state index in [1.54, 1.807) is 25.1 Å². The first-order chi connectivity index (χ1) is 9.34. The second-order valence-electron chi connectivity index (χ2n) is 4.26. The van der Waals surface area contributed by atoms with Gasteiger partial charge in [0.15, 0.2) is 0 Å². The Morgan fingerprint density at radius 2 is 2.15 bits per heavy atom. The van der Waals surface area contributed by atoms with Crippen molar-refractivity contribution >= 4 is 31.6 Å². The largest absolute Gasteiger partial charge is 0.398 e. The minimum absolute atomic E-state index is 0.197. The minimum atomic E-state index is -3.64. The van der Waals surface area contributed by atoms with Gasteiger partial charge in [0.05, 0.1) is 11.5 Å². The molecule has 20 heavy (non-hydrogen) atoms. The van der Waals surface area contributed by atoms with Crippen molar-refractivity contribution < 1.29 is 13.2 Å². The van der Waals surface area contributed by atoms with E-state index in [2.05, 4.69) is 22.5 Å². The third-order valence-corrected chi connectivity index (χ3v) is 5.31. The predicted molar refractivity (Wildman–Crippen MR) is 84.1 cm³/mol. The highest BCUT2D eigenvalue weighted by Gasteiger charge is 2.26. The highest BCUT2D eigenvalue weighted by atomic mass is 79.9. The summed E-state index contributed by atoms with van der Waals surface area (Å²) < 4.78 is 32.3. The van der Waals surface area contributed by atoms with Crippen molar-refractivity contribution in [2.45, 2.75) is 11.8 Å². The van der Waals surface area contributed by atoms with Crippen molar-refractivity contribution in [1.82, 2.24) is 4.31 Å². The summed E-state index contributed by atoms with van der Waals surface area (Å²) in [7, 11) is -2.11. The second kappa shape index (κ2) is 7.21. The topological polar surface area (TPSA) is 72.6 Å². The van der Waals surface area contributed by atoms with Crippen LogP contribution in [0.4, 0.5) is 5.69 Å². The quantitative estimate of drug-likeness (QED) is 0.595. The maximum Gasteiger partial charge on any atom is 0.243 e. The van der Waals surface area contributed by atoms with Gasteiger partial charge in [-0.15, -0.1) is 6.58 Å². The van der Waals surface area contributed by atoms with Gasteiger partial charge in [-0.2, -0.15) is 4.31 Å². The lowest BCUT2D eigenvalue weighted by molar-refractivity contribution is 0.182. The molecule has 0 saturated carbocycles. The number of ether oxygens (including phenoxy) is 1. The molecule has 0 aliphatic heterocycles. The highest BCUT2D eigenvalue weighted by molar-refractivity contribution is 9.10. The molecule has 0 aliphatic rings. The van der Waals surface area contributed by atoms with Crippen LogP contribution in [0.15, 0.2) is 34.2 Å². The van der Waals surface area contributed by atoms with Crippen LogP contribution < -0.4 is 5.73 Å². The van der Waals surface area contributed by atoms with E-state index >= 15 is 0 Å². The Hall–Kier alpha value is -0.890. The first-order valence-electron chi connectivity index (χ1n) is 6.00. The molecule has 1 aromatic rings. The molecule has 0 unspecified atom stereocenters. The van der Waals surface area contributed by atoms with E-state index in [0.717, 1.165) is 0 Å². The van der Waals surface area contributed by atoms with Crippen LogP contribution in [0.25, 0.3) is 0 Å². The molecule has 0 atom stereocenters. The molecule has 112 valence electrons. The van der Waals surface area contributed by atoms with Crippen molar-refractivity contribution in [1.29, 1.82) is 0 Å². The maximum atomic E-state index is 12.7. The summed E-state index contributed by atoms with van der Waals surface area (Å²) in [4.78, 5) is 0.197. The van der Waals surface area contributed by atoms with Gasteiger partial charge in [0.1, 0.15) is 0 Å². The molecular formula is C13H19BrN2O3S. The fourth-order valence-electron chi connectivity index (χ4n) is 1.73. The van der Waals surface area contributed by atoms with Gasteiger partial charge in [0.25, 0.3) is 0 Å². The summed E-state index contributed by atoms with van der Waals surface area (Å²) in [5, 5.41) is 0. The number of anilines is 1. The van der Waals surface area contributed by atoms with Crippen molar-refractivity contribution in [3.05, 3.63) is 34.8 Å². The average molecular weight is 363 g/mol. The van der Waals surface area contributed by atoms with E-state index in [0.29, 0.717) is 22.3 Å². The fraction of sp³-hybridized carbons (Fsp3) is 0.385. The molecule has 2 N–H and O–H groups in total. The zero-order valence-electron chi connectivity index (χ0n) is 11.6. The standard InChI is InChI=1S/C13H19BrN2O3S/c1-4-5-16(6-7-19-3)20(17,18)13-9-11(14)8-12(15)10(13)2/h4,8-9H,1,5-7,15H2,2-3H3. The van der Waals surface area contributed by atoms with Crippen LogP contribution in [0.1, 0.15) is 5.56 Å². The number of nitrogens with zero attached hydrogens (tertiary/aromatic N) is 1. The molecule has 5 nitrogen and oxygen atoms in total. The SMILES string of the molecule is C=CCN(CCOC)S(=O)(=O)c1cc(Br)cc(N)c1C. The Kier molecular flexibility index (Phi) is 6.19. The van der Waals surface area contributed by atoms with Crippen molar-refractivity contribution in [3.8, 4) is 0 Å². The van der Waals surface area contributed by atoms with Crippen LogP contribution in [-0.4, -0.2) is 39.5 Å². The lowest BCUT2D eigenvalue weighted by Crippen LogP contribution is -2.34. The first kappa shape index (κ1) is 17.2. The van der Waals surface area contributed by atoms with Crippen LogP contribution in [0.5, 0.6) is 0 Å². The zero-order valence-corrected chi connectivity index (χ0v) is 14.0. The summed E-state index contributed by atoms with van der Waals surface area (Å²) in [6, 6.07) is 3.24. The molecule has 0 bridgehead atoms. The fourth-order valence-corrected chi connectivity index (χ4v) is 4.03. The summed E-state index contributed by atoms with van der Waals surface area (Å²) in [5.74, 6) is 0. The van der Waals surface area contributed by atoms with Gasteiger partial charge >= 0.3 is 0 Å². The van der Waals surface area contributed by atoms with Gasteiger partial charge in [-0.25, -0.2) is 8.42 Å². The lowest BCUT2D eigenvalue weighted by atomic mass is 10.2. The van der Waals surface area contributed by atoms with E-state index in [-0.39, 0.29) is 18.0 Å². The van der Waals surface area contributed by atoms with Crippen LogP contribution in [0.2, 0.25) is 0 Å². The Bertz CT molecular complexity index is 588. The molecule has 0 amide bonds. The molecule has 1 rings (SSSR count). The summed E-state index contributed by atoms with van der Waals surface area (Å²) in [5.41, 5.74) is 6.81. The molecule has 0 saturated heterocycles. The van der Waals surface area contributed by atoms with Gasteiger partial charge < -0.3 is 10.5 Å². The maximum absolute atomic E-state index is 12.7. The Morgan fingerprint density at radius 1 is 1.50 bits per heavy atom. The summed E-state index contributed by atoms with van der Waals surface area (Å²) in [6.07, 6.45) is 1.55. The Morgan fingerprint density at radius 3 is 2.70 bits per heavy atom. The monoisotopic (exact) mass is 362 g/mol. The highest BCUT2D eigenvalue weighted by Crippen LogP contribution is 2.28. The Balaban J connectivity index is 3.28. The number of rotatable bonds is 7. The van der Waals surface area contributed by atoms with E-state index in [1.165, 1.54) is 11.4 Å². The number of sulfonamides is 1. The number of hydrogen-bond donors (Lipinski definition) is 1. The van der Waals surface area contributed by atoms with Crippen LogP contribution in [-0.2, 0) is 14.8 Å². The van der Waals surface area contributed by atoms with Gasteiger partial charge in [-0.3, -0.25) is 0 Å². The molecule has 0 fully saturated rings. The molecule has 0 heterocycles. The molecule has 0 aliphatic carbocycles. The summed E-state index contributed by atoms with van der Waals surface area (Å²) >= 11 is 3.27. The number of nitrogen functional groups attached to an aromatic ring is 1. The predicted octanol–water partition coefficient (Wildman–Crippen LogP) is 2.16. The van der Waals surface area contributed by atoms with Crippen LogP contribution in [0, 0.1) is 6.92 Å². The number of halogens is 1. The molecule has 0 aromatic heterocycles. The van der Waals surface area contributed by atoms with Crippen molar-refractivity contribution in [2.24, 2.45) is 0 Å². The van der Waals surface area contributed by atoms with E-state index in [9.17, 15) is 8.42 Å². The number of hydrogen-bond acceptors (Lipinski definition) is 4. The van der Waals surface area contributed by atoms with E-state index in [1.807, 2.05) is 0 Å². The van der Waals surface area contributed by atoms with Gasteiger partial charge in [0, 0.05) is 30.4 Å². The first-order valence-corrected chi connectivity index (χ1v) is 8.23. The molecular weight excluding hydrogens is 344 g/mol. The van der Waals surface area contributed by atoms with Crippen LogP contribution in [0.3, 0.4) is 0 Å². The number of benzene rings is 1. The normalized spacial score (nSPS) is 11.8. The van der Waals surface area contributed by atoms with Crippen LogP contribution >= 0.6 is 15.9 Å². The van der Waals surface area contributed by atoms with Crippen molar-refractivity contribution in [2.75, 3.05) is 32.5 Å². The van der Waals surface area contributed by atoms with Gasteiger partial charge in [0.2, 0.25) is 10.0 Å². The van der Waals surface area contributed by atoms with Crippen molar-refractivity contribution in [3.63, 3.8) is 0 Å². The van der Waals surface area contributed by atoms with E-state index in [4.69, 9.17) is 10.5 Å². The smallest absolute Gasteiger partial charge is 0.243 e. The average Bonchev–Trinajstić information content (AvgIpc) is 2.38. The Labute approximate surface area is 128 Å². The third-order valence-electron chi connectivity index (χ3n) is 2.86. The van der Waals surface area contributed by atoms with E-state index < -0.39 is 10.0 Å². The zero-order chi connectivity index (χ0) is 15.3. The minimum Gasteiger partial charge on any atom is -0.398 e. The second-order valence-corrected chi connectivity index (χ2v) is 7.08. The molecule has 1 aromatic carbocycles. The summed E-state index contributed by atoms with van der Waals surface area (Å²) in [6.45, 7) is 6.08. The third kappa shape index (κ3) is 3.82. The molecule has 7 heteroatoms. The number of nitrogens with two attached hydrogens (primary N) is 1. The molecule has 0 spiro atoms.